The summed E-state index contributed by atoms with van der Waals surface area (Å²) in [6, 6.07) is 10.1. The molecule has 0 heterocycles. The van der Waals surface area contributed by atoms with Crippen molar-refractivity contribution in [1.82, 2.24) is 0 Å². The summed E-state index contributed by atoms with van der Waals surface area (Å²) in [5.41, 5.74) is 1.97. The molecule has 0 bridgehead atoms. The fourth-order valence-corrected chi connectivity index (χ4v) is 5.26. The molecule has 0 N–H and O–H groups in total. The van der Waals surface area contributed by atoms with Crippen molar-refractivity contribution in [1.29, 1.82) is 0 Å². The van der Waals surface area contributed by atoms with Gasteiger partial charge in [0.2, 0.25) is 0 Å². The molecule has 1 aromatic rings. The zero-order valence-electron chi connectivity index (χ0n) is 21.0. The molecule has 0 fully saturated rings. The highest BCUT2D eigenvalue weighted by molar-refractivity contribution is 7.06. The minimum atomic E-state index is -2.05. The molecule has 3 nitrogen and oxygen atoms in total. The second-order valence-electron chi connectivity index (χ2n) is 11.5. The van der Waals surface area contributed by atoms with Crippen molar-refractivity contribution >= 4 is 21.8 Å². The SMILES string of the molecule is C=C(CCC(=O)[Si](C)(C)C(C)(C)C)C(OCc1ccccc1)O[Si](C)(C)C(C)(C)C. The molecule has 1 aromatic carbocycles. The van der Waals surface area contributed by atoms with Gasteiger partial charge in [0.25, 0.3) is 0 Å². The molecule has 0 aromatic heterocycles. The molecule has 0 aliphatic carbocycles. The number of hydrogen-bond donors (Lipinski definition) is 0. The minimum Gasteiger partial charge on any atom is -0.389 e. The van der Waals surface area contributed by atoms with Crippen LogP contribution in [0, 0.1) is 0 Å². The number of carbonyl (C=O) groups excluding carboxylic acids is 1. The zero-order chi connectivity index (χ0) is 23.4. The Kier molecular flexibility index (Phi) is 9.07. The first-order valence-corrected chi connectivity index (χ1v) is 16.9. The molecule has 1 unspecified atom stereocenters. The van der Waals surface area contributed by atoms with Crippen molar-refractivity contribution in [3.8, 4) is 0 Å². The van der Waals surface area contributed by atoms with Gasteiger partial charge in [0.1, 0.15) is 13.5 Å². The second-order valence-corrected chi connectivity index (χ2v) is 21.5. The number of ether oxygens (including phenoxy) is 1. The van der Waals surface area contributed by atoms with E-state index < -0.39 is 22.7 Å². The number of benzene rings is 1. The molecule has 5 heteroatoms. The Bertz CT molecular complexity index is 710. The van der Waals surface area contributed by atoms with Crippen LogP contribution in [0.3, 0.4) is 0 Å². The average Bonchev–Trinajstić information content (AvgIpc) is 2.61. The number of rotatable bonds is 10. The number of carbonyl (C=O) groups is 1. The standard InChI is InChI=1S/C25H44O3Si2/c1-20(17-18-22(26)29(8,9)24(2,3)4)23(28-30(10,11)25(5,6)7)27-19-21-15-13-12-14-16-21/h12-16,23H,1,17-19H2,2-11H3. The van der Waals surface area contributed by atoms with Crippen LogP contribution in [0.5, 0.6) is 0 Å². The lowest BCUT2D eigenvalue weighted by atomic mass is 10.1. The summed E-state index contributed by atoms with van der Waals surface area (Å²) in [7, 11) is -4.06. The molecule has 0 aliphatic heterocycles. The monoisotopic (exact) mass is 448 g/mol. The summed E-state index contributed by atoms with van der Waals surface area (Å²) in [6.07, 6.45) is 0.638. The van der Waals surface area contributed by atoms with Crippen LogP contribution in [0.15, 0.2) is 42.5 Å². The summed E-state index contributed by atoms with van der Waals surface area (Å²) >= 11 is 0. The van der Waals surface area contributed by atoms with Crippen LogP contribution >= 0.6 is 0 Å². The van der Waals surface area contributed by atoms with Crippen molar-refractivity contribution in [3.05, 3.63) is 48.0 Å². The van der Waals surface area contributed by atoms with Crippen LogP contribution in [-0.2, 0) is 20.6 Å². The first kappa shape index (κ1) is 27.0. The lowest BCUT2D eigenvalue weighted by Gasteiger charge is -2.39. The van der Waals surface area contributed by atoms with E-state index >= 15 is 0 Å². The molecular formula is C25H44O3Si2. The lowest BCUT2D eigenvalue weighted by Crippen LogP contribution is -2.46. The van der Waals surface area contributed by atoms with E-state index in [-0.39, 0.29) is 10.1 Å². The Morgan fingerprint density at radius 2 is 1.47 bits per heavy atom. The Morgan fingerprint density at radius 1 is 0.933 bits per heavy atom. The Labute approximate surface area is 187 Å². The van der Waals surface area contributed by atoms with Gasteiger partial charge in [-0.05, 0) is 40.7 Å². The second kappa shape index (κ2) is 10.1. The van der Waals surface area contributed by atoms with E-state index in [1.54, 1.807) is 0 Å². The molecule has 30 heavy (non-hydrogen) atoms. The van der Waals surface area contributed by atoms with Gasteiger partial charge in [-0.2, -0.15) is 0 Å². The molecule has 0 spiro atoms. The van der Waals surface area contributed by atoms with E-state index in [0.717, 1.165) is 11.1 Å². The van der Waals surface area contributed by atoms with Crippen molar-refractivity contribution < 1.29 is 14.0 Å². The smallest absolute Gasteiger partial charge is 0.195 e. The van der Waals surface area contributed by atoms with Crippen LogP contribution in [0.4, 0.5) is 0 Å². The van der Waals surface area contributed by atoms with E-state index in [1.807, 2.05) is 30.3 Å². The Balaban J connectivity index is 2.92. The summed E-state index contributed by atoms with van der Waals surface area (Å²) in [5.74, 6) is 0. The highest BCUT2D eigenvalue weighted by Gasteiger charge is 2.42. The van der Waals surface area contributed by atoms with Crippen LogP contribution in [0.25, 0.3) is 0 Å². The van der Waals surface area contributed by atoms with Crippen molar-refractivity contribution in [2.45, 2.75) is 104 Å². The lowest BCUT2D eigenvalue weighted by molar-refractivity contribution is -0.113. The topological polar surface area (TPSA) is 35.5 Å². The molecule has 0 saturated carbocycles. The molecule has 170 valence electrons. The highest BCUT2D eigenvalue weighted by atomic mass is 28.4. The fraction of sp³-hybridized carbons (Fsp3) is 0.640. The van der Waals surface area contributed by atoms with Crippen LogP contribution < -0.4 is 0 Å². The predicted molar refractivity (Wildman–Crippen MR) is 134 cm³/mol. The third kappa shape index (κ3) is 7.29. The summed E-state index contributed by atoms with van der Waals surface area (Å²) in [4.78, 5) is 13.0. The van der Waals surface area contributed by atoms with Gasteiger partial charge in [0.15, 0.2) is 14.6 Å². The van der Waals surface area contributed by atoms with Gasteiger partial charge in [-0.1, -0.05) is 91.5 Å². The van der Waals surface area contributed by atoms with Crippen molar-refractivity contribution in [2.24, 2.45) is 0 Å². The molecular weight excluding hydrogens is 404 g/mol. The van der Waals surface area contributed by atoms with Gasteiger partial charge in [-0.3, -0.25) is 0 Å². The van der Waals surface area contributed by atoms with E-state index in [4.69, 9.17) is 9.16 Å². The van der Waals surface area contributed by atoms with Gasteiger partial charge >= 0.3 is 0 Å². The third-order valence-corrected chi connectivity index (χ3v) is 16.8. The molecule has 0 amide bonds. The van der Waals surface area contributed by atoms with Gasteiger partial charge in [0.05, 0.1) is 6.61 Å². The maximum absolute atomic E-state index is 13.0. The molecule has 1 atom stereocenters. The quantitative estimate of drug-likeness (QED) is 0.211. The van der Waals surface area contributed by atoms with E-state index in [0.29, 0.717) is 24.9 Å². The average molecular weight is 449 g/mol. The van der Waals surface area contributed by atoms with Crippen LogP contribution in [0.2, 0.25) is 36.3 Å². The summed E-state index contributed by atoms with van der Waals surface area (Å²) in [6.45, 7) is 26.7. The van der Waals surface area contributed by atoms with Crippen molar-refractivity contribution in [3.63, 3.8) is 0 Å². The Morgan fingerprint density at radius 3 is 1.93 bits per heavy atom. The van der Waals surface area contributed by atoms with Crippen LogP contribution in [0.1, 0.15) is 59.9 Å². The fourth-order valence-electron chi connectivity index (χ4n) is 2.55. The molecule has 0 saturated heterocycles. The summed E-state index contributed by atoms with van der Waals surface area (Å²) in [5, 5.41) is 0.510. The zero-order valence-corrected chi connectivity index (χ0v) is 23.0. The normalized spacial score (nSPS) is 14.5. The Hall–Kier alpha value is -1.02. The van der Waals surface area contributed by atoms with Gasteiger partial charge < -0.3 is 14.0 Å². The first-order chi connectivity index (χ1) is 13.5. The van der Waals surface area contributed by atoms with Gasteiger partial charge in [-0.25, -0.2) is 0 Å². The van der Waals surface area contributed by atoms with E-state index in [9.17, 15) is 4.79 Å². The molecule has 1 rings (SSSR count). The summed E-state index contributed by atoms with van der Waals surface area (Å²) < 4.78 is 12.8. The number of hydrogen-bond acceptors (Lipinski definition) is 3. The van der Waals surface area contributed by atoms with Gasteiger partial charge in [0, 0.05) is 6.42 Å². The van der Waals surface area contributed by atoms with Gasteiger partial charge in [-0.15, -0.1) is 0 Å². The van der Waals surface area contributed by atoms with Crippen molar-refractivity contribution in [2.75, 3.05) is 0 Å². The van der Waals surface area contributed by atoms with E-state index in [2.05, 4.69) is 74.3 Å². The maximum atomic E-state index is 13.0. The van der Waals surface area contributed by atoms with Crippen LogP contribution in [-0.4, -0.2) is 28.1 Å². The predicted octanol–water partition coefficient (Wildman–Crippen LogP) is 7.50. The minimum absolute atomic E-state index is 0.0479. The highest BCUT2D eigenvalue weighted by Crippen LogP contribution is 2.39. The maximum Gasteiger partial charge on any atom is 0.195 e. The third-order valence-electron chi connectivity index (χ3n) is 7.03. The largest absolute Gasteiger partial charge is 0.389 e. The molecule has 0 aliphatic rings. The molecule has 0 radical (unpaired) electrons. The first-order valence-electron chi connectivity index (χ1n) is 11.0. The van der Waals surface area contributed by atoms with E-state index in [1.165, 1.54) is 0 Å².